The van der Waals surface area contributed by atoms with Gasteiger partial charge in [-0.25, -0.2) is 0 Å². The van der Waals surface area contributed by atoms with Crippen LogP contribution in [0.15, 0.2) is 12.2 Å². The van der Waals surface area contributed by atoms with E-state index in [0.29, 0.717) is 18.4 Å². The molecule has 0 rings (SSSR count). The zero-order chi connectivity index (χ0) is 7.11. The molecule has 0 atom stereocenters. The van der Waals surface area contributed by atoms with Gasteiger partial charge in [0, 0.05) is 6.42 Å². The van der Waals surface area contributed by atoms with Gasteiger partial charge < -0.3 is 4.79 Å². The van der Waals surface area contributed by atoms with Gasteiger partial charge in [0.1, 0.15) is 12.6 Å². The van der Waals surface area contributed by atoms with Crippen molar-refractivity contribution >= 4 is 12.6 Å². The highest BCUT2D eigenvalue weighted by Crippen LogP contribution is 1.99. The molecule has 0 aliphatic carbocycles. The lowest BCUT2D eigenvalue weighted by molar-refractivity contribution is -0.108. The van der Waals surface area contributed by atoms with E-state index in [1.807, 2.05) is 0 Å². The maximum absolute atomic E-state index is 9.91. The van der Waals surface area contributed by atoms with Gasteiger partial charge in [0.05, 0.1) is 0 Å². The lowest BCUT2D eigenvalue weighted by Crippen LogP contribution is -1.83. The van der Waals surface area contributed by atoms with E-state index in [1.54, 1.807) is 0 Å². The number of unbranched alkanes of at least 4 members (excludes halogenated alkanes) is 1. The van der Waals surface area contributed by atoms with Crippen LogP contribution in [-0.2, 0) is 9.59 Å². The van der Waals surface area contributed by atoms with Crippen LogP contribution in [0, 0.1) is 0 Å². The van der Waals surface area contributed by atoms with Gasteiger partial charge in [-0.2, -0.15) is 0 Å². The van der Waals surface area contributed by atoms with Crippen molar-refractivity contribution in [1.29, 1.82) is 0 Å². The molecule has 0 aliphatic heterocycles. The van der Waals surface area contributed by atoms with Crippen LogP contribution in [0.4, 0.5) is 0 Å². The van der Waals surface area contributed by atoms with Gasteiger partial charge >= 0.3 is 0 Å². The van der Waals surface area contributed by atoms with E-state index in [1.165, 1.54) is 0 Å². The van der Waals surface area contributed by atoms with Crippen LogP contribution in [0.5, 0.6) is 0 Å². The summed E-state index contributed by atoms with van der Waals surface area (Å²) in [6.07, 6.45) is 3.47. The lowest BCUT2D eigenvalue weighted by Gasteiger charge is -1.90. The molecule has 0 spiro atoms. The summed E-state index contributed by atoms with van der Waals surface area (Å²) in [5, 5.41) is 0. The van der Waals surface area contributed by atoms with E-state index in [4.69, 9.17) is 0 Å². The van der Waals surface area contributed by atoms with Gasteiger partial charge in [-0.05, 0) is 18.4 Å². The van der Waals surface area contributed by atoms with Crippen molar-refractivity contribution in [2.45, 2.75) is 19.3 Å². The summed E-state index contributed by atoms with van der Waals surface area (Å²) < 4.78 is 0. The van der Waals surface area contributed by atoms with Crippen molar-refractivity contribution in [3.8, 4) is 0 Å². The number of hydrogen-bond donors (Lipinski definition) is 0. The average Bonchev–Trinajstić information content (AvgIpc) is 1.89. The Hall–Kier alpha value is -0.920. The molecular formula is C7H10O2. The summed E-state index contributed by atoms with van der Waals surface area (Å²) in [7, 11) is 0. The SMILES string of the molecule is C=C(C=O)CCCC=O. The summed E-state index contributed by atoms with van der Waals surface area (Å²) in [4.78, 5) is 19.7. The maximum Gasteiger partial charge on any atom is 0.145 e. The van der Waals surface area contributed by atoms with E-state index in [0.717, 1.165) is 19.0 Å². The molecule has 0 bridgehead atoms. The minimum atomic E-state index is 0.521. The topological polar surface area (TPSA) is 34.1 Å². The second-order valence-corrected chi connectivity index (χ2v) is 1.83. The molecular weight excluding hydrogens is 116 g/mol. The maximum atomic E-state index is 9.91. The predicted octanol–water partition coefficient (Wildman–Crippen LogP) is 1.11. The minimum absolute atomic E-state index is 0.521. The Morgan fingerprint density at radius 3 is 2.56 bits per heavy atom. The zero-order valence-corrected chi connectivity index (χ0v) is 5.30. The standard InChI is InChI=1S/C7H10O2/c1-7(6-9)4-2-3-5-8/h5-6H,1-4H2. The third kappa shape index (κ3) is 4.94. The zero-order valence-electron chi connectivity index (χ0n) is 5.30. The molecule has 0 N–H and O–H groups in total. The van der Waals surface area contributed by atoms with Crippen molar-refractivity contribution in [3.63, 3.8) is 0 Å². The third-order valence-electron chi connectivity index (χ3n) is 0.987. The second kappa shape index (κ2) is 5.22. The molecule has 0 aromatic carbocycles. The molecule has 0 saturated carbocycles. The molecule has 0 saturated heterocycles. The molecule has 0 aliphatic rings. The van der Waals surface area contributed by atoms with Crippen molar-refractivity contribution in [2.75, 3.05) is 0 Å². The highest BCUT2D eigenvalue weighted by Gasteiger charge is 1.89. The van der Waals surface area contributed by atoms with Gasteiger partial charge in [-0.1, -0.05) is 6.58 Å². The van der Waals surface area contributed by atoms with Gasteiger partial charge in [-0.15, -0.1) is 0 Å². The number of carbonyl (C=O) groups is 2. The van der Waals surface area contributed by atoms with Gasteiger partial charge in [0.15, 0.2) is 0 Å². The molecule has 0 aromatic heterocycles. The number of aldehydes is 2. The summed E-state index contributed by atoms with van der Waals surface area (Å²) in [6, 6.07) is 0. The molecule has 0 aromatic rings. The highest BCUT2D eigenvalue weighted by molar-refractivity contribution is 5.71. The third-order valence-corrected chi connectivity index (χ3v) is 0.987. The molecule has 0 heterocycles. The first-order valence-corrected chi connectivity index (χ1v) is 2.88. The number of hydrogen-bond acceptors (Lipinski definition) is 2. The number of allylic oxidation sites excluding steroid dienone is 1. The van der Waals surface area contributed by atoms with Crippen LogP contribution in [0.3, 0.4) is 0 Å². The number of rotatable bonds is 5. The summed E-state index contributed by atoms with van der Waals surface area (Å²) in [5.74, 6) is 0. The fourth-order valence-corrected chi connectivity index (χ4v) is 0.471. The van der Waals surface area contributed by atoms with E-state index in [2.05, 4.69) is 6.58 Å². The molecule has 0 unspecified atom stereocenters. The van der Waals surface area contributed by atoms with Crippen LogP contribution < -0.4 is 0 Å². The van der Waals surface area contributed by atoms with E-state index < -0.39 is 0 Å². The van der Waals surface area contributed by atoms with E-state index >= 15 is 0 Å². The molecule has 0 fully saturated rings. The smallest absolute Gasteiger partial charge is 0.145 e. The Balaban J connectivity index is 3.16. The van der Waals surface area contributed by atoms with Gasteiger partial charge in [0.25, 0.3) is 0 Å². The van der Waals surface area contributed by atoms with Crippen molar-refractivity contribution in [1.82, 2.24) is 0 Å². The fraction of sp³-hybridized carbons (Fsp3) is 0.429. The Morgan fingerprint density at radius 2 is 2.11 bits per heavy atom. The highest BCUT2D eigenvalue weighted by atomic mass is 16.1. The van der Waals surface area contributed by atoms with Crippen molar-refractivity contribution in [2.24, 2.45) is 0 Å². The second-order valence-electron chi connectivity index (χ2n) is 1.83. The molecule has 2 heteroatoms. The Morgan fingerprint density at radius 1 is 1.44 bits per heavy atom. The normalized spacial score (nSPS) is 8.44. The van der Waals surface area contributed by atoms with Crippen LogP contribution in [-0.4, -0.2) is 12.6 Å². The van der Waals surface area contributed by atoms with Crippen LogP contribution >= 0.6 is 0 Å². The van der Waals surface area contributed by atoms with Crippen LogP contribution in [0.25, 0.3) is 0 Å². The first kappa shape index (κ1) is 8.08. The summed E-state index contributed by atoms with van der Waals surface area (Å²) in [6.45, 7) is 3.46. The Kier molecular flexibility index (Phi) is 4.69. The van der Waals surface area contributed by atoms with Crippen LogP contribution in [0.2, 0.25) is 0 Å². The largest absolute Gasteiger partial charge is 0.303 e. The van der Waals surface area contributed by atoms with Gasteiger partial charge in [0.2, 0.25) is 0 Å². The Labute approximate surface area is 54.6 Å². The molecule has 9 heavy (non-hydrogen) atoms. The number of carbonyl (C=O) groups excluding carboxylic acids is 2. The van der Waals surface area contributed by atoms with E-state index in [9.17, 15) is 9.59 Å². The molecule has 2 nitrogen and oxygen atoms in total. The summed E-state index contributed by atoms with van der Waals surface area (Å²) in [5.41, 5.74) is 0.567. The first-order chi connectivity index (χ1) is 4.31. The van der Waals surface area contributed by atoms with E-state index in [-0.39, 0.29) is 0 Å². The monoisotopic (exact) mass is 126 g/mol. The lowest BCUT2D eigenvalue weighted by atomic mass is 10.1. The minimum Gasteiger partial charge on any atom is -0.303 e. The molecule has 0 amide bonds. The predicted molar refractivity (Wildman–Crippen MR) is 35.1 cm³/mol. The van der Waals surface area contributed by atoms with Gasteiger partial charge in [-0.3, -0.25) is 4.79 Å². The molecule has 50 valence electrons. The van der Waals surface area contributed by atoms with Crippen molar-refractivity contribution in [3.05, 3.63) is 12.2 Å². The summed E-state index contributed by atoms with van der Waals surface area (Å²) >= 11 is 0. The Bertz CT molecular complexity index is 116. The quantitative estimate of drug-likeness (QED) is 0.314. The fourth-order valence-electron chi connectivity index (χ4n) is 0.471. The van der Waals surface area contributed by atoms with Crippen molar-refractivity contribution < 1.29 is 9.59 Å². The average molecular weight is 126 g/mol. The first-order valence-electron chi connectivity index (χ1n) is 2.88. The molecule has 0 radical (unpaired) electrons. The van der Waals surface area contributed by atoms with Crippen LogP contribution in [0.1, 0.15) is 19.3 Å².